The lowest BCUT2D eigenvalue weighted by Gasteiger charge is -2.33. The van der Waals surface area contributed by atoms with Crippen LogP contribution in [0.3, 0.4) is 0 Å². The number of pyridine rings is 1. The van der Waals surface area contributed by atoms with Crippen molar-refractivity contribution in [2.75, 3.05) is 48.9 Å². The van der Waals surface area contributed by atoms with Crippen molar-refractivity contribution in [3.63, 3.8) is 0 Å². The first-order chi connectivity index (χ1) is 21.4. The second-order valence-corrected chi connectivity index (χ2v) is 11.6. The van der Waals surface area contributed by atoms with Gasteiger partial charge in [-0.15, -0.1) is 0 Å². The second-order valence-electron chi connectivity index (χ2n) is 11.6. The molecule has 6 rings (SSSR count). The van der Waals surface area contributed by atoms with Gasteiger partial charge in [0.1, 0.15) is 18.2 Å². The van der Waals surface area contributed by atoms with Crippen molar-refractivity contribution in [2.45, 2.75) is 38.4 Å². The number of esters is 1. The first kappa shape index (κ1) is 29.4. The number of nitrogens with zero attached hydrogens (tertiary/aromatic N) is 3. The number of hydrogen-bond acceptors (Lipinski definition) is 9. The van der Waals surface area contributed by atoms with Crippen molar-refractivity contribution in [1.29, 1.82) is 5.26 Å². The highest BCUT2D eigenvalue weighted by atomic mass is 19.1. The minimum Gasteiger partial charge on any atom is -0.473 e. The van der Waals surface area contributed by atoms with E-state index in [2.05, 4.69) is 20.5 Å². The summed E-state index contributed by atoms with van der Waals surface area (Å²) in [7, 11) is 1.34. The Hall–Kier alpha value is -4.69. The number of carbonyl (C=O) groups is 2. The fourth-order valence-corrected chi connectivity index (χ4v) is 5.93. The summed E-state index contributed by atoms with van der Waals surface area (Å²) in [5.41, 5.74) is 2.27. The summed E-state index contributed by atoms with van der Waals surface area (Å²) in [6.45, 7) is 2.85. The summed E-state index contributed by atoms with van der Waals surface area (Å²) in [6.07, 6.45) is 3.64. The molecule has 0 bridgehead atoms. The van der Waals surface area contributed by atoms with Gasteiger partial charge >= 0.3 is 5.97 Å². The molecule has 1 saturated carbocycles. The van der Waals surface area contributed by atoms with E-state index in [9.17, 15) is 14.0 Å². The van der Waals surface area contributed by atoms with Gasteiger partial charge in [0.05, 0.1) is 41.8 Å². The number of rotatable bonds is 10. The molecule has 2 aliphatic heterocycles. The highest BCUT2D eigenvalue weighted by Crippen LogP contribution is 2.60. The van der Waals surface area contributed by atoms with E-state index >= 15 is 0 Å². The largest absolute Gasteiger partial charge is 0.473 e. The zero-order chi connectivity index (χ0) is 30.7. The lowest BCUT2D eigenvalue weighted by Crippen LogP contribution is -2.36. The summed E-state index contributed by atoms with van der Waals surface area (Å²) in [6, 6.07) is 16.8. The van der Waals surface area contributed by atoms with Gasteiger partial charge in [-0.2, -0.15) is 10.2 Å². The number of amides is 1. The van der Waals surface area contributed by atoms with Crippen molar-refractivity contribution in [1.82, 2.24) is 4.98 Å². The van der Waals surface area contributed by atoms with Crippen LogP contribution in [0.2, 0.25) is 0 Å². The third kappa shape index (κ3) is 6.31. The molecule has 1 aromatic heterocycles. The van der Waals surface area contributed by atoms with E-state index in [0.717, 1.165) is 51.2 Å². The third-order valence-corrected chi connectivity index (χ3v) is 8.87. The molecule has 3 aliphatic rings. The normalized spacial score (nSPS) is 19.8. The van der Waals surface area contributed by atoms with E-state index in [1.807, 2.05) is 18.2 Å². The average Bonchev–Trinajstić information content (AvgIpc) is 3.73. The van der Waals surface area contributed by atoms with Crippen LogP contribution >= 0.6 is 0 Å². The van der Waals surface area contributed by atoms with Gasteiger partial charge in [-0.3, -0.25) is 4.79 Å². The molecule has 1 amide bonds. The van der Waals surface area contributed by atoms with Crippen molar-refractivity contribution < 1.29 is 28.2 Å². The SMILES string of the molecule is COC(=O)c1ccc(NC(=O)C2CC23CCN(c2cccc(OCc4ccc(C#N)cc4F)n2)CC3)c(NC[C@@H]2CCO2)c1. The summed E-state index contributed by atoms with van der Waals surface area (Å²) >= 11 is 0. The molecule has 3 fully saturated rings. The van der Waals surface area contributed by atoms with Gasteiger partial charge in [0.25, 0.3) is 0 Å². The van der Waals surface area contributed by atoms with E-state index < -0.39 is 11.8 Å². The minimum atomic E-state index is -0.487. The Morgan fingerprint density at radius 3 is 2.68 bits per heavy atom. The molecule has 11 heteroatoms. The van der Waals surface area contributed by atoms with Crippen LogP contribution in [-0.4, -0.2) is 56.3 Å². The van der Waals surface area contributed by atoms with Crippen molar-refractivity contribution >= 4 is 29.1 Å². The van der Waals surface area contributed by atoms with Crippen molar-refractivity contribution in [2.24, 2.45) is 11.3 Å². The maximum Gasteiger partial charge on any atom is 0.337 e. The highest BCUT2D eigenvalue weighted by Gasteiger charge is 2.58. The Balaban J connectivity index is 1.04. The number of methoxy groups -OCH3 is 1. The molecule has 3 aromatic rings. The van der Waals surface area contributed by atoms with Gasteiger partial charge in [-0.25, -0.2) is 9.18 Å². The lowest BCUT2D eigenvalue weighted by molar-refractivity contribution is -0.118. The number of piperidine rings is 1. The number of ether oxygens (including phenoxy) is 3. The standard InChI is InChI=1S/C33H34FN5O5/c1-42-32(41)22-7-8-27(28(16-22)36-19-24-9-14-43-24)37-31(40)25-17-33(25)10-12-39(13-11-33)29-3-2-4-30(38-29)44-20-23-6-5-21(18-35)15-26(23)34/h2-8,15-16,24-25,36H,9-14,17,19-20H2,1H3,(H,37,40)/t24-,25?/m0/s1. The predicted molar refractivity (Wildman–Crippen MR) is 161 cm³/mol. The lowest BCUT2D eigenvalue weighted by atomic mass is 9.90. The van der Waals surface area contributed by atoms with E-state index in [-0.39, 0.29) is 35.5 Å². The Morgan fingerprint density at radius 1 is 1.16 bits per heavy atom. The average molecular weight is 600 g/mol. The molecular weight excluding hydrogens is 565 g/mol. The fourth-order valence-electron chi connectivity index (χ4n) is 5.93. The van der Waals surface area contributed by atoms with E-state index in [4.69, 9.17) is 19.5 Å². The van der Waals surface area contributed by atoms with Crippen LogP contribution < -0.4 is 20.3 Å². The van der Waals surface area contributed by atoms with Gasteiger partial charge in [-0.05, 0) is 67.5 Å². The van der Waals surface area contributed by atoms with Crippen molar-refractivity contribution in [3.8, 4) is 11.9 Å². The van der Waals surface area contributed by atoms with Crippen LogP contribution in [0.5, 0.6) is 5.88 Å². The quantitative estimate of drug-likeness (QED) is 0.313. The summed E-state index contributed by atoms with van der Waals surface area (Å²) in [4.78, 5) is 32.3. The third-order valence-electron chi connectivity index (χ3n) is 8.87. The Morgan fingerprint density at radius 2 is 1.98 bits per heavy atom. The molecule has 44 heavy (non-hydrogen) atoms. The van der Waals surface area contributed by atoms with Crippen LogP contribution in [0.4, 0.5) is 21.6 Å². The molecule has 10 nitrogen and oxygen atoms in total. The van der Waals surface area contributed by atoms with E-state index in [0.29, 0.717) is 34.9 Å². The number of halogens is 1. The minimum absolute atomic E-state index is 0.00487. The monoisotopic (exact) mass is 599 g/mol. The van der Waals surface area contributed by atoms with Crippen LogP contribution in [0, 0.1) is 28.5 Å². The molecule has 2 saturated heterocycles. The molecule has 2 N–H and O–H groups in total. The summed E-state index contributed by atoms with van der Waals surface area (Å²) in [5.74, 6) is 0.135. The molecule has 228 valence electrons. The number of benzene rings is 2. The molecule has 1 spiro atoms. The smallest absolute Gasteiger partial charge is 0.337 e. The maximum absolute atomic E-state index is 14.2. The number of anilines is 3. The van der Waals surface area contributed by atoms with Crippen LogP contribution in [0.15, 0.2) is 54.6 Å². The van der Waals surface area contributed by atoms with Crippen LogP contribution in [-0.2, 0) is 20.9 Å². The molecule has 1 unspecified atom stereocenters. The van der Waals surface area contributed by atoms with Gasteiger partial charge in [0.15, 0.2) is 0 Å². The van der Waals surface area contributed by atoms with Gasteiger partial charge < -0.3 is 29.7 Å². The summed E-state index contributed by atoms with van der Waals surface area (Å²) < 4.78 is 30.4. The van der Waals surface area contributed by atoms with Gasteiger partial charge in [-0.1, -0.05) is 12.1 Å². The van der Waals surface area contributed by atoms with E-state index in [1.54, 1.807) is 36.4 Å². The predicted octanol–water partition coefficient (Wildman–Crippen LogP) is 4.90. The highest BCUT2D eigenvalue weighted by molar-refractivity contribution is 5.99. The number of carbonyl (C=O) groups excluding carboxylic acids is 2. The number of hydrogen-bond donors (Lipinski definition) is 2. The first-order valence-electron chi connectivity index (χ1n) is 14.8. The van der Waals surface area contributed by atoms with Gasteiger partial charge in [0.2, 0.25) is 11.8 Å². The fraction of sp³-hybridized carbons (Fsp3) is 0.394. The first-order valence-corrected chi connectivity index (χ1v) is 14.8. The zero-order valence-corrected chi connectivity index (χ0v) is 24.5. The molecule has 2 aromatic carbocycles. The molecule has 0 radical (unpaired) electrons. The molecule has 2 atom stereocenters. The number of aromatic nitrogens is 1. The summed E-state index contributed by atoms with van der Waals surface area (Å²) in [5, 5.41) is 15.4. The Bertz CT molecular complexity index is 1600. The van der Waals surface area contributed by atoms with Crippen LogP contribution in [0.1, 0.15) is 47.2 Å². The van der Waals surface area contributed by atoms with Crippen molar-refractivity contribution in [3.05, 3.63) is 77.1 Å². The van der Waals surface area contributed by atoms with E-state index in [1.165, 1.54) is 13.2 Å². The Labute approximate surface area is 255 Å². The van der Waals surface area contributed by atoms with Crippen LogP contribution in [0.25, 0.3) is 0 Å². The second kappa shape index (κ2) is 12.5. The Kier molecular flexibility index (Phi) is 8.35. The molecule has 3 heterocycles. The molecular formula is C33H34FN5O5. The molecule has 1 aliphatic carbocycles. The topological polar surface area (TPSA) is 126 Å². The zero-order valence-electron chi connectivity index (χ0n) is 24.5. The number of nitrogens with one attached hydrogen (secondary N) is 2. The number of nitriles is 1. The van der Waals surface area contributed by atoms with Gasteiger partial charge in [0, 0.05) is 43.8 Å². The maximum atomic E-state index is 14.2.